The first-order valence-corrected chi connectivity index (χ1v) is 23.4. The SMILES string of the molecule is CCCCC/C=C/C/C=C/C/C=C/CCCCC(=O)OC[C@@H](COP(=O)(O)OC1C(O)C(O)C(O)[C@H](O)C1O)OC(=O)CCCCCCC/C=C/CCCCCCC. The number of esters is 2. The number of rotatable bonds is 35. The summed E-state index contributed by atoms with van der Waals surface area (Å²) in [6, 6.07) is 0. The van der Waals surface area contributed by atoms with Gasteiger partial charge in [-0.3, -0.25) is 18.6 Å². The highest BCUT2D eigenvalue weighted by Gasteiger charge is 2.51. The molecule has 0 aromatic rings. The van der Waals surface area contributed by atoms with Gasteiger partial charge in [-0.2, -0.15) is 0 Å². The van der Waals surface area contributed by atoms with Gasteiger partial charge in [0.2, 0.25) is 0 Å². The highest BCUT2D eigenvalue weighted by Crippen LogP contribution is 2.47. The first-order chi connectivity index (χ1) is 27.9. The molecule has 58 heavy (non-hydrogen) atoms. The average molecular weight is 845 g/mol. The van der Waals surface area contributed by atoms with E-state index in [-0.39, 0.29) is 12.8 Å². The van der Waals surface area contributed by atoms with E-state index in [1.165, 1.54) is 51.4 Å². The third-order valence-electron chi connectivity index (χ3n) is 9.89. The summed E-state index contributed by atoms with van der Waals surface area (Å²) in [5, 5.41) is 50.1. The Labute approximate surface area is 348 Å². The van der Waals surface area contributed by atoms with Crippen molar-refractivity contribution < 1.29 is 63.1 Å². The van der Waals surface area contributed by atoms with Crippen LogP contribution in [0.5, 0.6) is 0 Å². The van der Waals surface area contributed by atoms with Crippen molar-refractivity contribution in [2.24, 2.45) is 0 Å². The fourth-order valence-electron chi connectivity index (χ4n) is 6.29. The highest BCUT2D eigenvalue weighted by molar-refractivity contribution is 7.47. The lowest BCUT2D eigenvalue weighted by molar-refractivity contribution is -0.220. The summed E-state index contributed by atoms with van der Waals surface area (Å²) in [7, 11) is -5.13. The number of aliphatic hydroxyl groups is 5. The van der Waals surface area contributed by atoms with Crippen LogP contribution in [0.1, 0.15) is 162 Å². The van der Waals surface area contributed by atoms with Gasteiger partial charge in [0.05, 0.1) is 6.61 Å². The van der Waals surface area contributed by atoms with E-state index in [0.29, 0.717) is 12.8 Å². The van der Waals surface area contributed by atoms with Gasteiger partial charge in [0, 0.05) is 12.8 Å². The van der Waals surface area contributed by atoms with Gasteiger partial charge in [-0.25, -0.2) is 4.57 Å². The predicted octanol–water partition coefficient (Wildman–Crippen LogP) is 8.00. The van der Waals surface area contributed by atoms with E-state index in [9.17, 15) is 44.6 Å². The summed E-state index contributed by atoms with van der Waals surface area (Å²) in [5.41, 5.74) is 0. The van der Waals surface area contributed by atoms with Crippen molar-refractivity contribution in [3.05, 3.63) is 48.6 Å². The molecule has 1 fully saturated rings. The Morgan fingerprint density at radius 2 is 0.931 bits per heavy atom. The normalized spacial score (nSPS) is 23.0. The number of phosphoric ester groups is 1. The molecule has 1 saturated carbocycles. The smallest absolute Gasteiger partial charge is 0.462 e. The summed E-state index contributed by atoms with van der Waals surface area (Å²) in [4.78, 5) is 35.6. The van der Waals surface area contributed by atoms with Gasteiger partial charge in [0.1, 0.15) is 43.2 Å². The molecular formula is C44H77O13P. The molecule has 0 aromatic heterocycles. The lowest BCUT2D eigenvalue weighted by atomic mass is 9.85. The molecule has 14 heteroatoms. The summed E-state index contributed by atoms with van der Waals surface area (Å²) < 4.78 is 33.4. The number of unbranched alkanes of at least 4 members (excludes halogenated alkanes) is 15. The first kappa shape index (κ1) is 53.8. The lowest BCUT2D eigenvalue weighted by Gasteiger charge is -2.41. The minimum absolute atomic E-state index is 0.0771. The number of allylic oxidation sites excluding steroid dienone is 8. The van der Waals surface area contributed by atoms with E-state index in [4.69, 9.17) is 18.5 Å². The van der Waals surface area contributed by atoms with Crippen LogP contribution in [0.3, 0.4) is 0 Å². The Bertz CT molecular complexity index is 1210. The number of carbonyl (C=O) groups excluding carboxylic acids is 2. The predicted molar refractivity (Wildman–Crippen MR) is 226 cm³/mol. The van der Waals surface area contributed by atoms with Crippen LogP contribution in [0.15, 0.2) is 48.6 Å². The second kappa shape index (κ2) is 34.5. The van der Waals surface area contributed by atoms with Gasteiger partial charge in [0.25, 0.3) is 0 Å². The Morgan fingerprint density at radius 3 is 1.50 bits per heavy atom. The maximum Gasteiger partial charge on any atom is 0.472 e. The maximum absolute atomic E-state index is 12.8. The number of hydrogen-bond donors (Lipinski definition) is 6. The van der Waals surface area contributed by atoms with Gasteiger partial charge < -0.3 is 39.9 Å². The van der Waals surface area contributed by atoms with Gasteiger partial charge >= 0.3 is 19.8 Å². The Morgan fingerprint density at radius 1 is 0.534 bits per heavy atom. The van der Waals surface area contributed by atoms with Gasteiger partial charge in [-0.1, -0.05) is 120 Å². The number of hydrogen-bond acceptors (Lipinski definition) is 12. The Kier molecular flexibility index (Phi) is 32.0. The molecule has 0 radical (unpaired) electrons. The van der Waals surface area contributed by atoms with E-state index in [0.717, 1.165) is 70.6 Å². The number of phosphoric acid groups is 1. The minimum atomic E-state index is -5.13. The quantitative estimate of drug-likeness (QED) is 0.0155. The molecule has 8 atom stereocenters. The van der Waals surface area contributed by atoms with Gasteiger partial charge in [-0.05, 0) is 77.0 Å². The first-order valence-electron chi connectivity index (χ1n) is 21.9. The van der Waals surface area contributed by atoms with Gasteiger partial charge in [-0.15, -0.1) is 0 Å². The van der Waals surface area contributed by atoms with Gasteiger partial charge in [0.15, 0.2) is 6.10 Å². The summed E-state index contributed by atoms with van der Waals surface area (Å²) >= 11 is 0. The van der Waals surface area contributed by atoms with Crippen LogP contribution in [0.4, 0.5) is 0 Å². The third kappa shape index (κ3) is 26.8. The van der Waals surface area contributed by atoms with Crippen molar-refractivity contribution in [1.29, 1.82) is 0 Å². The van der Waals surface area contributed by atoms with E-state index >= 15 is 0 Å². The van der Waals surface area contributed by atoms with E-state index in [1.807, 2.05) is 0 Å². The largest absolute Gasteiger partial charge is 0.472 e. The van der Waals surface area contributed by atoms with Crippen molar-refractivity contribution in [3.8, 4) is 0 Å². The molecule has 0 spiro atoms. The molecule has 1 aliphatic carbocycles. The van der Waals surface area contributed by atoms with Crippen LogP contribution in [0.25, 0.3) is 0 Å². The minimum Gasteiger partial charge on any atom is -0.462 e. The third-order valence-corrected chi connectivity index (χ3v) is 10.9. The molecule has 6 N–H and O–H groups in total. The fraction of sp³-hybridized carbons (Fsp3) is 0.773. The average Bonchev–Trinajstić information content (AvgIpc) is 3.20. The summed E-state index contributed by atoms with van der Waals surface area (Å²) in [5.74, 6) is -1.16. The monoisotopic (exact) mass is 845 g/mol. The van der Waals surface area contributed by atoms with Crippen LogP contribution < -0.4 is 0 Å². The van der Waals surface area contributed by atoms with E-state index in [1.54, 1.807) is 0 Å². The standard InChI is InChI=1S/C44H77O13P/c1-3-5-7-9-11-13-15-17-19-21-22-24-26-28-30-32-37(45)54-34-36(35-55-58(52,53)57-44-42(50)40(48)39(47)41(49)43(44)51)56-38(46)33-31-29-27-25-23-20-18-16-14-12-10-8-6-4-2/h11,13,16-19,22,24,36,39-44,47-51H,3-10,12,14-15,20-21,23,25-35H2,1-2H3,(H,52,53)/b13-11+,18-16+,19-17+,24-22+/t36-,39?,40-,41?,42?,43?,44?/m0/s1. The number of carbonyl (C=O) groups is 2. The molecule has 0 heterocycles. The molecule has 1 aliphatic rings. The molecule has 13 nitrogen and oxygen atoms in total. The molecule has 6 unspecified atom stereocenters. The van der Waals surface area contributed by atoms with Crippen molar-refractivity contribution in [2.75, 3.05) is 13.2 Å². The van der Waals surface area contributed by atoms with Crippen LogP contribution >= 0.6 is 7.82 Å². The summed E-state index contributed by atoms with van der Waals surface area (Å²) in [6.45, 7) is 3.20. The molecule has 1 rings (SSSR count). The number of ether oxygens (including phenoxy) is 2. The second-order valence-electron chi connectivity index (χ2n) is 15.2. The molecule has 0 aromatic carbocycles. The molecule has 0 aliphatic heterocycles. The molecule has 336 valence electrons. The molecular weight excluding hydrogens is 767 g/mol. The van der Waals surface area contributed by atoms with E-state index < -0.39 is 75.7 Å². The lowest BCUT2D eigenvalue weighted by Crippen LogP contribution is -2.64. The highest BCUT2D eigenvalue weighted by atomic mass is 31.2. The summed E-state index contributed by atoms with van der Waals surface area (Å²) in [6.07, 6.45) is 26.0. The van der Waals surface area contributed by atoms with Crippen molar-refractivity contribution >= 4 is 19.8 Å². The van der Waals surface area contributed by atoms with Crippen LogP contribution in [0.2, 0.25) is 0 Å². The zero-order valence-corrected chi connectivity index (χ0v) is 36.2. The van der Waals surface area contributed by atoms with Crippen LogP contribution in [-0.4, -0.2) is 98.3 Å². The van der Waals surface area contributed by atoms with Crippen molar-refractivity contribution in [3.63, 3.8) is 0 Å². The topological polar surface area (TPSA) is 210 Å². The molecule has 0 bridgehead atoms. The fourth-order valence-corrected chi connectivity index (χ4v) is 7.26. The number of aliphatic hydroxyl groups excluding tert-OH is 5. The van der Waals surface area contributed by atoms with Crippen LogP contribution in [-0.2, 0) is 32.7 Å². The Balaban J connectivity index is 2.53. The Hall–Kier alpha value is -2.19. The van der Waals surface area contributed by atoms with Crippen molar-refractivity contribution in [2.45, 2.75) is 204 Å². The maximum atomic E-state index is 12.8. The van der Waals surface area contributed by atoms with Crippen LogP contribution in [0, 0.1) is 0 Å². The molecule has 0 saturated heterocycles. The van der Waals surface area contributed by atoms with E-state index in [2.05, 4.69) is 62.5 Å². The second-order valence-corrected chi connectivity index (χ2v) is 16.6. The zero-order valence-electron chi connectivity index (χ0n) is 35.3. The molecule has 0 amide bonds. The zero-order chi connectivity index (χ0) is 42.9. The van der Waals surface area contributed by atoms with Crippen molar-refractivity contribution in [1.82, 2.24) is 0 Å².